The van der Waals surface area contributed by atoms with Crippen molar-refractivity contribution in [3.05, 3.63) is 35.2 Å². The quantitative estimate of drug-likeness (QED) is 0.942. The lowest BCUT2D eigenvalue weighted by Crippen LogP contribution is -2.41. The van der Waals surface area contributed by atoms with E-state index in [0.717, 1.165) is 40.6 Å². The number of fused-ring (bicyclic) bond motifs is 1. The van der Waals surface area contributed by atoms with Gasteiger partial charge < -0.3 is 10.0 Å². The van der Waals surface area contributed by atoms with Crippen molar-refractivity contribution in [3.8, 4) is 0 Å². The van der Waals surface area contributed by atoms with Gasteiger partial charge in [0, 0.05) is 18.3 Å². The largest absolute Gasteiger partial charge is 0.388 e. The summed E-state index contributed by atoms with van der Waals surface area (Å²) >= 11 is 1.52. The maximum Gasteiger partial charge on any atom is 0.263 e. The van der Waals surface area contributed by atoms with Gasteiger partial charge in [-0.25, -0.2) is 0 Å². The van der Waals surface area contributed by atoms with E-state index >= 15 is 0 Å². The molecule has 0 unspecified atom stereocenters. The second-order valence-corrected chi connectivity index (χ2v) is 6.82. The molecule has 1 aliphatic carbocycles. The van der Waals surface area contributed by atoms with Gasteiger partial charge in [-0.2, -0.15) is 0 Å². The van der Waals surface area contributed by atoms with Gasteiger partial charge in [0.2, 0.25) is 0 Å². The lowest BCUT2D eigenvalue weighted by molar-refractivity contribution is 0.0158. The van der Waals surface area contributed by atoms with Crippen molar-refractivity contribution in [2.45, 2.75) is 31.3 Å². The molecule has 20 heavy (non-hydrogen) atoms. The van der Waals surface area contributed by atoms with Crippen LogP contribution in [0.5, 0.6) is 0 Å². The number of likely N-dealkylation sites (N-methyl/N-ethyl adjacent to an activating group) is 1. The molecular formula is C16H19NO2S. The average Bonchev–Trinajstić information content (AvgIpc) is 3.03. The van der Waals surface area contributed by atoms with Crippen molar-refractivity contribution >= 4 is 27.3 Å². The van der Waals surface area contributed by atoms with Gasteiger partial charge in [-0.1, -0.05) is 31.0 Å². The molecular weight excluding hydrogens is 270 g/mol. The maximum absolute atomic E-state index is 12.5. The van der Waals surface area contributed by atoms with Gasteiger partial charge in [0.1, 0.15) is 0 Å². The van der Waals surface area contributed by atoms with Crippen molar-refractivity contribution in [2.24, 2.45) is 0 Å². The second-order valence-electron chi connectivity index (χ2n) is 5.74. The van der Waals surface area contributed by atoms with E-state index in [9.17, 15) is 9.90 Å². The van der Waals surface area contributed by atoms with Crippen molar-refractivity contribution in [3.63, 3.8) is 0 Å². The van der Waals surface area contributed by atoms with E-state index in [2.05, 4.69) is 0 Å². The third-order valence-corrected chi connectivity index (χ3v) is 5.15. The summed E-state index contributed by atoms with van der Waals surface area (Å²) in [5.41, 5.74) is -0.679. The molecule has 1 heterocycles. The van der Waals surface area contributed by atoms with Crippen LogP contribution in [0.2, 0.25) is 0 Å². The molecule has 0 saturated heterocycles. The number of rotatable bonds is 3. The minimum absolute atomic E-state index is 0.00604. The molecule has 1 aliphatic rings. The number of aliphatic hydroxyl groups is 1. The van der Waals surface area contributed by atoms with Crippen molar-refractivity contribution in [2.75, 3.05) is 13.6 Å². The predicted octanol–water partition coefficient (Wildman–Crippen LogP) is 3.28. The molecule has 0 bridgehead atoms. The summed E-state index contributed by atoms with van der Waals surface area (Å²) in [4.78, 5) is 14.9. The smallest absolute Gasteiger partial charge is 0.263 e. The summed E-state index contributed by atoms with van der Waals surface area (Å²) in [6.45, 7) is 0.431. The van der Waals surface area contributed by atoms with Crippen LogP contribution < -0.4 is 0 Å². The summed E-state index contributed by atoms with van der Waals surface area (Å²) in [6.07, 6.45) is 3.72. The average molecular weight is 289 g/mol. The van der Waals surface area contributed by atoms with Gasteiger partial charge in [0.05, 0.1) is 10.5 Å². The summed E-state index contributed by atoms with van der Waals surface area (Å²) in [5, 5.41) is 11.5. The van der Waals surface area contributed by atoms with Gasteiger partial charge in [-0.15, -0.1) is 11.3 Å². The molecule has 3 rings (SSSR count). The number of benzene rings is 1. The summed E-state index contributed by atoms with van der Waals surface area (Å²) < 4.78 is 1.13. The molecule has 0 aliphatic heterocycles. The molecule has 1 saturated carbocycles. The number of hydrogen-bond donors (Lipinski definition) is 1. The number of thiophene rings is 1. The van der Waals surface area contributed by atoms with Gasteiger partial charge in [-0.3, -0.25) is 4.79 Å². The van der Waals surface area contributed by atoms with Gasteiger partial charge in [-0.05, 0) is 30.4 Å². The van der Waals surface area contributed by atoms with Crippen molar-refractivity contribution in [1.29, 1.82) is 0 Å². The van der Waals surface area contributed by atoms with E-state index in [1.165, 1.54) is 11.3 Å². The zero-order chi connectivity index (χ0) is 14.2. The first-order valence-electron chi connectivity index (χ1n) is 7.04. The third kappa shape index (κ3) is 2.58. The number of carbonyl (C=O) groups excluding carboxylic acids is 1. The van der Waals surface area contributed by atoms with E-state index in [4.69, 9.17) is 0 Å². The lowest BCUT2D eigenvalue weighted by Gasteiger charge is -2.28. The summed E-state index contributed by atoms with van der Waals surface area (Å²) in [6, 6.07) is 9.96. The van der Waals surface area contributed by atoms with Gasteiger partial charge in [0.15, 0.2) is 0 Å². The van der Waals surface area contributed by atoms with E-state index in [0.29, 0.717) is 6.54 Å². The van der Waals surface area contributed by atoms with Crippen LogP contribution in [0.1, 0.15) is 35.4 Å². The first-order valence-corrected chi connectivity index (χ1v) is 7.85. The Hall–Kier alpha value is -1.39. The first-order chi connectivity index (χ1) is 9.57. The minimum atomic E-state index is -0.679. The van der Waals surface area contributed by atoms with Crippen LogP contribution in [0.4, 0.5) is 0 Å². The van der Waals surface area contributed by atoms with Crippen LogP contribution in [0.3, 0.4) is 0 Å². The summed E-state index contributed by atoms with van der Waals surface area (Å²) in [5.74, 6) is 0.00604. The molecule has 106 valence electrons. The van der Waals surface area contributed by atoms with Gasteiger partial charge >= 0.3 is 0 Å². The van der Waals surface area contributed by atoms with E-state index in [1.807, 2.05) is 30.3 Å². The number of carbonyl (C=O) groups is 1. The zero-order valence-electron chi connectivity index (χ0n) is 11.6. The minimum Gasteiger partial charge on any atom is -0.388 e. The molecule has 1 fully saturated rings. The Morgan fingerprint density at radius 1 is 1.35 bits per heavy atom. The van der Waals surface area contributed by atoms with Crippen LogP contribution in [0, 0.1) is 0 Å². The van der Waals surface area contributed by atoms with Crippen molar-refractivity contribution in [1.82, 2.24) is 4.90 Å². The predicted molar refractivity (Wildman–Crippen MR) is 82.2 cm³/mol. The Morgan fingerprint density at radius 2 is 2.05 bits per heavy atom. The molecule has 1 N–H and O–H groups in total. The highest BCUT2D eigenvalue weighted by Crippen LogP contribution is 2.31. The third-order valence-electron chi connectivity index (χ3n) is 4.05. The molecule has 2 aromatic rings. The Bertz CT molecular complexity index is 595. The Morgan fingerprint density at radius 3 is 2.75 bits per heavy atom. The zero-order valence-corrected chi connectivity index (χ0v) is 12.4. The standard InChI is InChI=1S/C16H19NO2S/c1-17(11-16(19)8-4-5-9-16)15(18)14-10-12-6-2-3-7-13(12)20-14/h2-3,6-7,10,19H,4-5,8-9,11H2,1H3. The van der Waals surface area contributed by atoms with E-state index in [-0.39, 0.29) is 5.91 Å². The molecule has 3 nitrogen and oxygen atoms in total. The second kappa shape index (κ2) is 5.19. The first kappa shape index (κ1) is 13.6. The highest BCUT2D eigenvalue weighted by molar-refractivity contribution is 7.20. The molecule has 0 spiro atoms. The summed E-state index contributed by atoms with van der Waals surface area (Å²) in [7, 11) is 1.78. The fraction of sp³-hybridized carbons (Fsp3) is 0.438. The molecule has 1 aromatic heterocycles. The number of nitrogens with zero attached hydrogens (tertiary/aromatic N) is 1. The highest BCUT2D eigenvalue weighted by atomic mass is 32.1. The number of amides is 1. The Balaban J connectivity index is 1.77. The highest BCUT2D eigenvalue weighted by Gasteiger charge is 2.33. The van der Waals surface area contributed by atoms with Crippen LogP contribution >= 0.6 is 11.3 Å². The van der Waals surface area contributed by atoms with Gasteiger partial charge in [0.25, 0.3) is 5.91 Å². The number of hydrogen-bond acceptors (Lipinski definition) is 3. The molecule has 1 amide bonds. The SMILES string of the molecule is CN(CC1(O)CCCC1)C(=O)c1cc2ccccc2s1. The fourth-order valence-electron chi connectivity index (χ4n) is 2.98. The Labute approximate surface area is 122 Å². The molecule has 1 aromatic carbocycles. The topological polar surface area (TPSA) is 40.5 Å². The molecule has 4 heteroatoms. The fourth-order valence-corrected chi connectivity index (χ4v) is 4.04. The lowest BCUT2D eigenvalue weighted by atomic mass is 10.0. The van der Waals surface area contributed by atoms with Crippen LogP contribution in [0.15, 0.2) is 30.3 Å². The monoisotopic (exact) mass is 289 g/mol. The van der Waals surface area contributed by atoms with Crippen LogP contribution in [-0.4, -0.2) is 35.1 Å². The Kier molecular flexibility index (Phi) is 3.52. The molecule has 0 atom stereocenters. The normalized spacial score (nSPS) is 17.5. The molecule has 0 radical (unpaired) electrons. The van der Waals surface area contributed by atoms with E-state index < -0.39 is 5.60 Å². The van der Waals surface area contributed by atoms with Crippen LogP contribution in [-0.2, 0) is 0 Å². The van der Waals surface area contributed by atoms with Crippen LogP contribution in [0.25, 0.3) is 10.1 Å². The maximum atomic E-state index is 12.5. The van der Waals surface area contributed by atoms with Crippen molar-refractivity contribution < 1.29 is 9.90 Å². The van der Waals surface area contributed by atoms with E-state index in [1.54, 1.807) is 11.9 Å².